The molecule has 0 spiro atoms. The maximum absolute atomic E-state index is 4.74. The molecule has 2 heteroatoms. The number of hydrogen-bond donors (Lipinski definition) is 0. The van der Waals surface area contributed by atoms with E-state index in [1.807, 2.05) is 0 Å². The number of rotatable bonds is 1. The average molecular weight is 175 g/mol. The van der Waals surface area contributed by atoms with Gasteiger partial charge in [0.1, 0.15) is 0 Å². The summed E-state index contributed by atoms with van der Waals surface area (Å²) < 4.78 is 4.74. The standard InChI is InChI=1S/C9H22NP/c1-8(9(2,3)4)10-11(5,6)7/h11H,1-7H3/b10-8+. The van der Waals surface area contributed by atoms with Crippen molar-refractivity contribution in [3.63, 3.8) is 0 Å². The van der Waals surface area contributed by atoms with Crippen molar-refractivity contribution >= 4 is 13.1 Å². The first-order valence-corrected chi connectivity index (χ1v) is 7.64. The van der Waals surface area contributed by atoms with Crippen molar-refractivity contribution in [1.29, 1.82) is 0 Å². The van der Waals surface area contributed by atoms with Crippen LogP contribution in [0.5, 0.6) is 0 Å². The molecule has 0 bridgehead atoms. The Morgan fingerprint density at radius 1 is 1.09 bits per heavy atom. The Morgan fingerprint density at radius 2 is 1.45 bits per heavy atom. The van der Waals surface area contributed by atoms with E-state index in [0.717, 1.165) is 0 Å². The van der Waals surface area contributed by atoms with E-state index in [1.54, 1.807) is 0 Å². The number of nitrogens with zero attached hydrogens (tertiary/aromatic N) is 1. The van der Waals surface area contributed by atoms with Crippen LogP contribution in [0.2, 0.25) is 0 Å². The molecule has 68 valence electrons. The molecule has 0 heterocycles. The molecule has 0 rings (SSSR count). The van der Waals surface area contributed by atoms with Crippen molar-refractivity contribution in [3.05, 3.63) is 0 Å². The van der Waals surface area contributed by atoms with E-state index < -0.39 is 7.41 Å². The van der Waals surface area contributed by atoms with Crippen LogP contribution in [0.4, 0.5) is 0 Å². The molecule has 1 nitrogen and oxygen atoms in total. The second-order valence-electron chi connectivity index (χ2n) is 5.12. The van der Waals surface area contributed by atoms with Gasteiger partial charge in [0.2, 0.25) is 0 Å². The third kappa shape index (κ3) is 5.38. The SMILES string of the molecule is C/C(=N\[PH](C)(C)C)C(C)(C)C. The van der Waals surface area contributed by atoms with E-state index in [4.69, 9.17) is 4.76 Å². The van der Waals surface area contributed by atoms with E-state index in [2.05, 4.69) is 47.7 Å². The average Bonchev–Trinajstić information content (AvgIpc) is 1.56. The van der Waals surface area contributed by atoms with Crippen LogP contribution in [0.3, 0.4) is 0 Å². The van der Waals surface area contributed by atoms with Gasteiger partial charge in [0.25, 0.3) is 0 Å². The van der Waals surface area contributed by atoms with Gasteiger partial charge in [0.05, 0.1) is 0 Å². The zero-order valence-corrected chi connectivity index (χ0v) is 9.95. The molecule has 0 aliphatic carbocycles. The van der Waals surface area contributed by atoms with Crippen LogP contribution in [0.25, 0.3) is 0 Å². The van der Waals surface area contributed by atoms with Crippen LogP contribution >= 0.6 is 7.41 Å². The van der Waals surface area contributed by atoms with Crippen molar-refractivity contribution in [1.82, 2.24) is 0 Å². The van der Waals surface area contributed by atoms with Gasteiger partial charge in [0.15, 0.2) is 0 Å². The van der Waals surface area contributed by atoms with Gasteiger partial charge in [-0.3, -0.25) is 0 Å². The molecule has 0 saturated heterocycles. The third-order valence-electron chi connectivity index (χ3n) is 1.59. The van der Waals surface area contributed by atoms with Crippen LogP contribution in [0.15, 0.2) is 4.76 Å². The van der Waals surface area contributed by atoms with Gasteiger partial charge in [-0.25, -0.2) is 0 Å². The summed E-state index contributed by atoms with van der Waals surface area (Å²) in [4.78, 5) is 0. The quantitative estimate of drug-likeness (QED) is 0.429. The van der Waals surface area contributed by atoms with Gasteiger partial charge >= 0.3 is 71.0 Å². The summed E-state index contributed by atoms with van der Waals surface area (Å²) in [5.41, 5.74) is 1.54. The fourth-order valence-electron chi connectivity index (χ4n) is 0.671. The molecule has 0 aromatic heterocycles. The summed E-state index contributed by atoms with van der Waals surface area (Å²) in [6.45, 7) is 15.6. The van der Waals surface area contributed by atoms with Crippen molar-refractivity contribution < 1.29 is 0 Å². The topological polar surface area (TPSA) is 12.4 Å². The molecule has 0 unspecified atom stereocenters. The first-order valence-electron chi connectivity index (χ1n) is 4.20. The monoisotopic (exact) mass is 175 g/mol. The number of hydrogen-bond acceptors (Lipinski definition) is 1. The minimum absolute atomic E-state index is 0.250. The Morgan fingerprint density at radius 3 is 1.55 bits per heavy atom. The van der Waals surface area contributed by atoms with Crippen molar-refractivity contribution in [2.75, 3.05) is 20.0 Å². The molecule has 0 N–H and O–H groups in total. The van der Waals surface area contributed by atoms with Crippen LogP contribution in [-0.2, 0) is 0 Å². The van der Waals surface area contributed by atoms with E-state index in [1.165, 1.54) is 5.71 Å². The maximum atomic E-state index is 4.74. The van der Waals surface area contributed by atoms with Crippen LogP contribution in [0, 0.1) is 5.41 Å². The molecule has 0 amide bonds. The van der Waals surface area contributed by atoms with Gasteiger partial charge in [0, 0.05) is 0 Å². The zero-order valence-electron chi connectivity index (χ0n) is 8.95. The van der Waals surface area contributed by atoms with E-state index >= 15 is 0 Å². The predicted octanol–water partition coefficient (Wildman–Crippen LogP) is 3.05. The molecule has 0 saturated carbocycles. The van der Waals surface area contributed by atoms with Gasteiger partial charge in [-0.1, -0.05) is 0 Å². The first kappa shape index (κ1) is 11.1. The molecule has 0 aromatic rings. The summed E-state index contributed by atoms with van der Waals surface area (Å²) in [5, 5.41) is 0. The van der Waals surface area contributed by atoms with E-state index in [0.29, 0.717) is 0 Å². The zero-order chi connectivity index (χ0) is 9.28. The fourth-order valence-corrected chi connectivity index (χ4v) is 2.01. The molecule has 0 aliphatic rings. The molecule has 0 radical (unpaired) electrons. The third-order valence-corrected chi connectivity index (χ3v) is 2.59. The molecular formula is C9H22NP. The fraction of sp³-hybridized carbons (Fsp3) is 0.889. The molecule has 11 heavy (non-hydrogen) atoms. The first-order chi connectivity index (χ1) is 4.63. The summed E-state index contributed by atoms with van der Waals surface area (Å²) >= 11 is 0. The second kappa shape index (κ2) is 3.23. The Balaban J connectivity index is 4.49. The molecule has 0 fully saturated rings. The second-order valence-corrected chi connectivity index (χ2v) is 9.68. The molecule has 0 aliphatic heterocycles. The molecule has 0 atom stereocenters. The molecular weight excluding hydrogens is 153 g/mol. The Bertz CT molecular complexity index is 157. The van der Waals surface area contributed by atoms with Gasteiger partial charge < -0.3 is 0 Å². The normalized spacial score (nSPS) is 16.8. The van der Waals surface area contributed by atoms with Crippen LogP contribution in [0.1, 0.15) is 27.7 Å². The summed E-state index contributed by atoms with van der Waals surface area (Å²) in [6.07, 6.45) is 0. The minimum atomic E-state index is -1.24. The van der Waals surface area contributed by atoms with Gasteiger partial charge in [-0.05, 0) is 0 Å². The van der Waals surface area contributed by atoms with E-state index in [9.17, 15) is 0 Å². The van der Waals surface area contributed by atoms with Crippen molar-refractivity contribution in [2.24, 2.45) is 10.2 Å². The van der Waals surface area contributed by atoms with Crippen LogP contribution in [-0.4, -0.2) is 25.7 Å². The molecule has 0 aromatic carbocycles. The Hall–Kier alpha value is 0.100. The van der Waals surface area contributed by atoms with Crippen molar-refractivity contribution in [3.8, 4) is 0 Å². The Kier molecular flexibility index (Phi) is 3.26. The van der Waals surface area contributed by atoms with Crippen molar-refractivity contribution in [2.45, 2.75) is 27.7 Å². The van der Waals surface area contributed by atoms with Gasteiger partial charge in [-0.15, -0.1) is 0 Å². The summed E-state index contributed by atoms with van der Waals surface area (Å²) in [7, 11) is -1.24. The summed E-state index contributed by atoms with van der Waals surface area (Å²) in [5.74, 6) is 0. The van der Waals surface area contributed by atoms with E-state index in [-0.39, 0.29) is 5.41 Å². The van der Waals surface area contributed by atoms with Gasteiger partial charge in [-0.2, -0.15) is 0 Å². The summed E-state index contributed by atoms with van der Waals surface area (Å²) in [6, 6.07) is 0. The Labute approximate surface area is 71.7 Å². The van der Waals surface area contributed by atoms with Crippen LogP contribution < -0.4 is 0 Å². The predicted molar refractivity (Wildman–Crippen MR) is 58.7 cm³/mol.